The van der Waals surface area contributed by atoms with E-state index in [2.05, 4.69) is 60.5 Å². The fourth-order valence-electron chi connectivity index (χ4n) is 4.38. The number of benzene rings is 2. The Morgan fingerprint density at radius 2 is 1.97 bits per heavy atom. The van der Waals surface area contributed by atoms with Crippen LogP contribution in [0.15, 0.2) is 54.6 Å². The number of hydrogen-bond acceptors (Lipinski definition) is 3. The highest BCUT2D eigenvalue weighted by molar-refractivity contribution is 5.73. The maximum absolute atomic E-state index is 5.31. The summed E-state index contributed by atoms with van der Waals surface area (Å²) < 4.78 is 5.31. The van der Waals surface area contributed by atoms with Gasteiger partial charge in [0, 0.05) is 23.0 Å². The molecule has 0 aliphatic heterocycles. The molecule has 0 spiro atoms. The fourth-order valence-corrected chi connectivity index (χ4v) is 4.38. The first-order valence-electron chi connectivity index (χ1n) is 10.7. The van der Waals surface area contributed by atoms with Gasteiger partial charge in [-0.05, 0) is 79.5 Å². The van der Waals surface area contributed by atoms with Crippen LogP contribution in [-0.4, -0.2) is 12.1 Å². The zero-order valence-corrected chi connectivity index (χ0v) is 17.7. The Bertz CT molecular complexity index is 996. The highest BCUT2D eigenvalue weighted by Crippen LogP contribution is 2.34. The van der Waals surface area contributed by atoms with E-state index in [0.29, 0.717) is 5.88 Å². The Morgan fingerprint density at radius 1 is 1.10 bits per heavy atom. The van der Waals surface area contributed by atoms with Crippen molar-refractivity contribution in [3.8, 4) is 17.1 Å². The van der Waals surface area contributed by atoms with Crippen molar-refractivity contribution < 1.29 is 4.74 Å². The van der Waals surface area contributed by atoms with Crippen molar-refractivity contribution in [3.05, 3.63) is 71.3 Å². The minimum Gasteiger partial charge on any atom is -0.481 e. The van der Waals surface area contributed by atoms with Crippen LogP contribution in [-0.2, 0) is 12.8 Å². The average Bonchev–Trinajstić information content (AvgIpc) is 2.98. The summed E-state index contributed by atoms with van der Waals surface area (Å²) in [7, 11) is 1.65. The van der Waals surface area contributed by atoms with Crippen LogP contribution in [0.3, 0.4) is 0 Å². The first-order chi connectivity index (χ1) is 14.2. The molecule has 0 amide bonds. The van der Waals surface area contributed by atoms with Crippen LogP contribution in [0.2, 0.25) is 0 Å². The summed E-state index contributed by atoms with van der Waals surface area (Å²) in [5.41, 5.74) is 8.61. The molecule has 1 atom stereocenters. The van der Waals surface area contributed by atoms with Crippen LogP contribution in [0.5, 0.6) is 5.88 Å². The van der Waals surface area contributed by atoms with Crippen LogP contribution < -0.4 is 10.1 Å². The van der Waals surface area contributed by atoms with Gasteiger partial charge in [0.1, 0.15) is 0 Å². The topological polar surface area (TPSA) is 34.1 Å². The SMILES string of the molecule is CCC1CCCc2c(cccc2Nc2ccc(C)c(-c3cccc(OC)n3)c2)C1. The van der Waals surface area contributed by atoms with Crippen molar-refractivity contribution in [1.82, 2.24) is 4.98 Å². The van der Waals surface area contributed by atoms with Crippen molar-refractivity contribution in [1.29, 1.82) is 0 Å². The Morgan fingerprint density at radius 3 is 2.79 bits per heavy atom. The van der Waals surface area contributed by atoms with Gasteiger partial charge in [0.15, 0.2) is 0 Å². The molecule has 0 radical (unpaired) electrons. The Kier molecular flexibility index (Phi) is 5.84. The Hall–Kier alpha value is -2.81. The Balaban J connectivity index is 1.66. The van der Waals surface area contributed by atoms with Crippen molar-refractivity contribution >= 4 is 11.4 Å². The molecule has 3 aromatic rings. The minimum atomic E-state index is 0.638. The number of aryl methyl sites for hydroxylation is 1. The summed E-state index contributed by atoms with van der Waals surface area (Å²) in [6.07, 6.45) is 6.24. The van der Waals surface area contributed by atoms with E-state index < -0.39 is 0 Å². The molecule has 1 aliphatic rings. The Labute approximate surface area is 174 Å². The molecule has 2 aromatic carbocycles. The van der Waals surface area contributed by atoms with Gasteiger partial charge >= 0.3 is 0 Å². The van der Waals surface area contributed by atoms with Crippen molar-refractivity contribution in [2.75, 3.05) is 12.4 Å². The van der Waals surface area contributed by atoms with Crippen LogP contribution in [0, 0.1) is 12.8 Å². The molecule has 1 unspecified atom stereocenters. The lowest BCUT2D eigenvalue weighted by Gasteiger charge is -2.17. The second-order valence-electron chi connectivity index (χ2n) is 8.03. The lowest BCUT2D eigenvalue weighted by molar-refractivity contribution is 0.398. The third-order valence-electron chi connectivity index (χ3n) is 6.12. The summed E-state index contributed by atoms with van der Waals surface area (Å²) in [6, 6.07) is 19.1. The molecule has 1 aromatic heterocycles. The van der Waals surface area contributed by atoms with Gasteiger partial charge in [0.05, 0.1) is 12.8 Å². The van der Waals surface area contributed by atoms with Gasteiger partial charge in [-0.25, -0.2) is 4.98 Å². The first kappa shape index (κ1) is 19.5. The van der Waals surface area contributed by atoms with Gasteiger partial charge in [0.2, 0.25) is 5.88 Å². The van der Waals surface area contributed by atoms with E-state index in [0.717, 1.165) is 29.3 Å². The predicted molar refractivity (Wildman–Crippen MR) is 121 cm³/mol. The summed E-state index contributed by atoms with van der Waals surface area (Å²) in [5.74, 6) is 1.45. The molecular formula is C26H30N2O. The number of nitrogens with one attached hydrogen (secondary N) is 1. The van der Waals surface area contributed by atoms with E-state index in [-0.39, 0.29) is 0 Å². The van der Waals surface area contributed by atoms with Gasteiger partial charge in [-0.1, -0.05) is 37.6 Å². The van der Waals surface area contributed by atoms with Gasteiger partial charge in [-0.3, -0.25) is 0 Å². The molecule has 150 valence electrons. The molecule has 1 aliphatic carbocycles. The smallest absolute Gasteiger partial charge is 0.213 e. The number of pyridine rings is 1. The highest BCUT2D eigenvalue weighted by Gasteiger charge is 2.18. The third-order valence-corrected chi connectivity index (χ3v) is 6.12. The zero-order chi connectivity index (χ0) is 20.2. The number of ether oxygens (including phenoxy) is 1. The maximum atomic E-state index is 5.31. The van der Waals surface area contributed by atoms with Crippen LogP contribution >= 0.6 is 0 Å². The normalized spacial score (nSPS) is 16.0. The van der Waals surface area contributed by atoms with E-state index in [9.17, 15) is 0 Å². The largest absolute Gasteiger partial charge is 0.481 e. The highest BCUT2D eigenvalue weighted by atomic mass is 16.5. The van der Waals surface area contributed by atoms with E-state index in [1.165, 1.54) is 48.1 Å². The molecule has 3 heteroatoms. The number of anilines is 2. The number of rotatable bonds is 5. The minimum absolute atomic E-state index is 0.638. The van der Waals surface area contributed by atoms with Gasteiger partial charge in [-0.15, -0.1) is 0 Å². The number of nitrogens with zero attached hydrogens (tertiary/aromatic N) is 1. The summed E-state index contributed by atoms with van der Waals surface area (Å²) in [4.78, 5) is 4.62. The van der Waals surface area contributed by atoms with E-state index >= 15 is 0 Å². The summed E-state index contributed by atoms with van der Waals surface area (Å²) in [6.45, 7) is 4.44. The lowest BCUT2D eigenvalue weighted by Crippen LogP contribution is -2.03. The average molecular weight is 387 g/mol. The number of hydrogen-bond donors (Lipinski definition) is 1. The molecule has 0 fully saturated rings. The van der Waals surface area contributed by atoms with Gasteiger partial charge < -0.3 is 10.1 Å². The number of methoxy groups -OCH3 is 1. The van der Waals surface area contributed by atoms with Crippen LogP contribution in [0.25, 0.3) is 11.3 Å². The third kappa shape index (κ3) is 4.29. The molecule has 0 bridgehead atoms. The van der Waals surface area contributed by atoms with E-state index in [4.69, 9.17) is 4.74 Å². The molecule has 3 nitrogen and oxygen atoms in total. The molecule has 29 heavy (non-hydrogen) atoms. The van der Waals surface area contributed by atoms with Crippen molar-refractivity contribution in [3.63, 3.8) is 0 Å². The first-order valence-corrected chi connectivity index (χ1v) is 10.7. The van der Waals surface area contributed by atoms with Crippen molar-refractivity contribution in [2.24, 2.45) is 5.92 Å². The van der Waals surface area contributed by atoms with Crippen molar-refractivity contribution in [2.45, 2.75) is 46.0 Å². The summed E-state index contributed by atoms with van der Waals surface area (Å²) in [5, 5.41) is 3.70. The second-order valence-corrected chi connectivity index (χ2v) is 8.03. The molecule has 1 heterocycles. The standard InChI is InChI=1S/C26H30N2O/c1-4-19-8-5-10-22-20(16-19)9-6-11-24(22)27-21-15-14-18(2)23(17-21)25-12-7-13-26(28-25)29-3/h6-7,9,11-15,17,19,27H,4-5,8,10,16H2,1-3H3. The number of fused-ring (bicyclic) bond motifs is 1. The van der Waals surface area contributed by atoms with Gasteiger partial charge in [0.25, 0.3) is 0 Å². The molecule has 4 rings (SSSR count). The van der Waals surface area contributed by atoms with Crippen LogP contribution in [0.1, 0.15) is 42.9 Å². The molecule has 0 saturated carbocycles. The van der Waals surface area contributed by atoms with Gasteiger partial charge in [-0.2, -0.15) is 0 Å². The zero-order valence-electron chi connectivity index (χ0n) is 17.7. The molecule has 0 saturated heterocycles. The van der Waals surface area contributed by atoms with E-state index in [1.807, 2.05) is 18.2 Å². The maximum Gasteiger partial charge on any atom is 0.213 e. The fraction of sp³-hybridized carbons (Fsp3) is 0.346. The lowest BCUT2D eigenvalue weighted by atomic mass is 9.94. The monoisotopic (exact) mass is 386 g/mol. The van der Waals surface area contributed by atoms with Crippen LogP contribution in [0.4, 0.5) is 11.4 Å². The summed E-state index contributed by atoms with van der Waals surface area (Å²) >= 11 is 0. The molecule has 1 N–H and O–H groups in total. The quantitative estimate of drug-likeness (QED) is 0.495. The molecular weight excluding hydrogens is 356 g/mol. The second kappa shape index (κ2) is 8.69. The van der Waals surface area contributed by atoms with E-state index in [1.54, 1.807) is 7.11 Å². The predicted octanol–water partition coefficient (Wildman–Crippen LogP) is 6.71. The number of aromatic nitrogens is 1.